The number of aryl methyl sites for hydroxylation is 1. The number of rotatable bonds is 4. The Bertz CT molecular complexity index is 589. The van der Waals surface area contributed by atoms with Crippen molar-refractivity contribution in [2.75, 3.05) is 6.61 Å². The lowest BCUT2D eigenvalue weighted by Gasteiger charge is -2.10. The van der Waals surface area contributed by atoms with E-state index in [9.17, 15) is 4.79 Å². The maximum absolute atomic E-state index is 12.1. The first kappa shape index (κ1) is 14.3. The van der Waals surface area contributed by atoms with Gasteiger partial charge in [-0.2, -0.15) is 0 Å². The lowest BCUT2D eigenvalue weighted by atomic mass is 10.1. The maximum Gasteiger partial charge on any atom is 0.200 e. The fourth-order valence-corrected chi connectivity index (χ4v) is 2.95. The number of para-hydroxylation sites is 1. The van der Waals surface area contributed by atoms with Gasteiger partial charge >= 0.3 is 0 Å². The first-order valence-corrected chi connectivity index (χ1v) is 7.34. The summed E-state index contributed by atoms with van der Waals surface area (Å²) in [6, 6.07) is 13.1. The van der Waals surface area contributed by atoms with Crippen LogP contribution in [0.15, 0.2) is 51.4 Å². The molecule has 0 atom stereocenters. The van der Waals surface area contributed by atoms with E-state index in [0.29, 0.717) is 11.3 Å². The molecule has 0 spiro atoms. The van der Waals surface area contributed by atoms with Crippen LogP contribution < -0.4 is 4.74 Å². The Morgan fingerprint density at radius 2 is 1.68 bits per heavy atom. The Balaban J connectivity index is 2.11. The van der Waals surface area contributed by atoms with Crippen molar-refractivity contribution in [3.63, 3.8) is 0 Å². The molecule has 0 fully saturated rings. The van der Waals surface area contributed by atoms with E-state index in [2.05, 4.69) is 31.9 Å². The molecule has 0 N–H and O–H groups in total. The molecule has 0 aromatic heterocycles. The zero-order chi connectivity index (χ0) is 13.8. The summed E-state index contributed by atoms with van der Waals surface area (Å²) in [5.74, 6) is 0.616. The molecular weight excluding hydrogens is 372 g/mol. The van der Waals surface area contributed by atoms with Gasteiger partial charge in [-0.15, -0.1) is 0 Å². The van der Waals surface area contributed by atoms with Gasteiger partial charge in [0.15, 0.2) is 12.4 Å². The molecule has 19 heavy (non-hydrogen) atoms. The van der Waals surface area contributed by atoms with Crippen molar-refractivity contribution >= 4 is 37.6 Å². The zero-order valence-electron chi connectivity index (χ0n) is 10.3. The van der Waals surface area contributed by atoms with Crippen LogP contribution in [-0.2, 0) is 0 Å². The van der Waals surface area contributed by atoms with Gasteiger partial charge in [-0.3, -0.25) is 4.79 Å². The molecule has 2 nitrogen and oxygen atoms in total. The molecule has 0 heterocycles. The van der Waals surface area contributed by atoms with Crippen molar-refractivity contribution in [2.24, 2.45) is 0 Å². The molecule has 0 saturated heterocycles. The molecule has 0 aliphatic carbocycles. The van der Waals surface area contributed by atoms with Crippen LogP contribution >= 0.6 is 31.9 Å². The van der Waals surface area contributed by atoms with Crippen molar-refractivity contribution in [3.8, 4) is 5.75 Å². The Morgan fingerprint density at radius 1 is 1.05 bits per heavy atom. The van der Waals surface area contributed by atoms with Crippen LogP contribution in [0.4, 0.5) is 0 Å². The lowest BCUT2D eigenvalue weighted by molar-refractivity contribution is 0.0920. The molecular formula is C15H12Br2O2. The summed E-state index contributed by atoms with van der Waals surface area (Å²) >= 11 is 6.80. The number of hydrogen-bond donors (Lipinski definition) is 0. The molecule has 4 heteroatoms. The van der Waals surface area contributed by atoms with Crippen LogP contribution in [0, 0.1) is 6.92 Å². The average molecular weight is 384 g/mol. The summed E-state index contributed by atoms with van der Waals surface area (Å²) in [6.07, 6.45) is 0. The molecule has 98 valence electrons. The summed E-state index contributed by atoms with van der Waals surface area (Å²) in [6.45, 7) is 1.94. The molecule has 0 amide bonds. The smallest absolute Gasteiger partial charge is 0.200 e. The van der Waals surface area contributed by atoms with Gasteiger partial charge < -0.3 is 4.74 Å². The number of carbonyl (C=O) groups is 1. The van der Waals surface area contributed by atoms with E-state index in [1.807, 2.05) is 49.4 Å². The van der Waals surface area contributed by atoms with Gasteiger partial charge in [0, 0.05) is 5.56 Å². The molecule has 0 saturated carbocycles. The molecule has 2 rings (SSSR count). The second kappa shape index (κ2) is 6.35. The van der Waals surface area contributed by atoms with E-state index in [1.54, 1.807) is 0 Å². The quantitative estimate of drug-likeness (QED) is 0.710. The predicted octanol–water partition coefficient (Wildman–Crippen LogP) is 4.78. The van der Waals surface area contributed by atoms with Crippen molar-refractivity contribution < 1.29 is 9.53 Å². The van der Waals surface area contributed by atoms with Crippen molar-refractivity contribution in [1.29, 1.82) is 0 Å². The summed E-state index contributed by atoms with van der Waals surface area (Å²) in [7, 11) is 0. The van der Waals surface area contributed by atoms with Gasteiger partial charge in [-0.1, -0.05) is 30.3 Å². The van der Waals surface area contributed by atoms with Crippen LogP contribution in [0.2, 0.25) is 0 Å². The number of Topliss-reactive ketones (excluding diaryl/α,β-unsaturated/α-hetero) is 1. The fraction of sp³-hybridized carbons (Fsp3) is 0.133. The summed E-state index contributed by atoms with van der Waals surface area (Å²) in [5, 5.41) is 0. The van der Waals surface area contributed by atoms with Gasteiger partial charge in [-0.05, 0) is 56.5 Å². The minimum absolute atomic E-state index is 0.0199. The lowest BCUT2D eigenvalue weighted by Crippen LogP contribution is -2.13. The van der Waals surface area contributed by atoms with E-state index < -0.39 is 0 Å². The topological polar surface area (TPSA) is 26.3 Å². The van der Waals surface area contributed by atoms with Crippen molar-refractivity contribution in [3.05, 3.63) is 62.5 Å². The third-order valence-corrected chi connectivity index (χ3v) is 3.96. The number of halogens is 2. The van der Waals surface area contributed by atoms with Crippen molar-refractivity contribution in [1.82, 2.24) is 0 Å². The molecule has 0 bridgehead atoms. The van der Waals surface area contributed by atoms with E-state index in [0.717, 1.165) is 14.5 Å². The van der Waals surface area contributed by atoms with Gasteiger partial charge in [0.05, 0.1) is 8.95 Å². The predicted molar refractivity (Wildman–Crippen MR) is 82.8 cm³/mol. The van der Waals surface area contributed by atoms with E-state index in [4.69, 9.17) is 4.74 Å². The summed E-state index contributed by atoms with van der Waals surface area (Å²) < 4.78 is 7.23. The number of carbonyl (C=O) groups excluding carboxylic acids is 1. The van der Waals surface area contributed by atoms with Crippen LogP contribution in [0.1, 0.15) is 15.9 Å². The molecule has 0 radical (unpaired) electrons. The highest BCUT2D eigenvalue weighted by Crippen LogP contribution is 2.33. The Labute approximate surface area is 129 Å². The third-order valence-electron chi connectivity index (χ3n) is 2.71. The SMILES string of the molecule is Cc1ccccc1C(=O)COc1c(Br)cccc1Br. The van der Waals surface area contributed by atoms with Crippen LogP contribution in [0.5, 0.6) is 5.75 Å². The Morgan fingerprint density at radius 3 is 2.32 bits per heavy atom. The second-order valence-corrected chi connectivity index (χ2v) is 5.79. The summed E-state index contributed by atoms with van der Waals surface area (Å²) in [4.78, 5) is 12.1. The van der Waals surface area contributed by atoms with Crippen LogP contribution in [-0.4, -0.2) is 12.4 Å². The molecule has 0 unspecified atom stereocenters. The second-order valence-electron chi connectivity index (χ2n) is 4.08. The first-order chi connectivity index (χ1) is 9.09. The number of ether oxygens (including phenoxy) is 1. The molecule has 0 aliphatic rings. The first-order valence-electron chi connectivity index (χ1n) is 5.75. The van der Waals surface area contributed by atoms with Gasteiger partial charge in [-0.25, -0.2) is 0 Å². The summed E-state index contributed by atoms with van der Waals surface area (Å²) in [5.41, 5.74) is 1.66. The molecule has 2 aromatic carbocycles. The number of benzene rings is 2. The molecule has 2 aromatic rings. The fourth-order valence-electron chi connectivity index (χ4n) is 1.72. The van der Waals surface area contributed by atoms with E-state index in [1.165, 1.54) is 0 Å². The number of hydrogen-bond acceptors (Lipinski definition) is 2. The van der Waals surface area contributed by atoms with Crippen LogP contribution in [0.3, 0.4) is 0 Å². The monoisotopic (exact) mass is 382 g/mol. The van der Waals surface area contributed by atoms with Gasteiger partial charge in [0.25, 0.3) is 0 Å². The minimum atomic E-state index is -0.0271. The largest absolute Gasteiger partial charge is 0.483 e. The third kappa shape index (κ3) is 3.45. The van der Waals surface area contributed by atoms with Gasteiger partial charge in [0.2, 0.25) is 0 Å². The van der Waals surface area contributed by atoms with E-state index in [-0.39, 0.29) is 12.4 Å². The zero-order valence-corrected chi connectivity index (χ0v) is 13.5. The van der Waals surface area contributed by atoms with Crippen molar-refractivity contribution in [2.45, 2.75) is 6.92 Å². The highest BCUT2D eigenvalue weighted by atomic mass is 79.9. The maximum atomic E-state index is 12.1. The highest BCUT2D eigenvalue weighted by molar-refractivity contribution is 9.11. The van der Waals surface area contributed by atoms with E-state index >= 15 is 0 Å². The van der Waals surface area contributed by atoms with Gasteiger partial charge in [0.1, 0.15) is 5.75 Å². The normalized spacial score (nSPS) is 10.3. The molecule has 0 aliphatic heterocycles. The highest BCUT2D eigenvalue weighted by Gasteiger charge is 2.12. The standard InChI is InChI=1S/C15H12Br2O2/c1-10-5-2-3-6-11(10)14(18)9-19-15-12(16)7-4-8-13(15)17/h2-8H,9H2,1H3. The average Bonchev–Trinajstić information content (AvgIpc) is 2.38. The Kier molecular flexibility index (Phi) is 4.77. The minimum Gasteiger partial charge on any atom is -0.483 e. The number of ketones is 1. The van der Waals surface area contributed by atoms with Crippen LogP contribution in [0.25, 0.3) is 0 Å². The Hall–Kier alpha value is -1.13.